The Morgan fingerprint density at radius 1 is 1.42 bits per heavy atom. The van der Waals surface area contributed by atoms with E-state index in [2.05, 4.69) is 24.4 Å². The number of carboxylic acid groups (broad SMARTS) is 1. The lowest BCUT2D eigenvalue weighted by Crippen LogP contribution is -2.29. The number of benzene rings is 1. The molecule has 0 spiro atoms. The molecule has 0 radical (unpaired) electrons. The minimum absolute atomic E-state index is 0.522. The molecule has 0 unspecified atom stereocenters. The molecule has 1 aromatic carbocycles. The van der Waals surface area contributed by atoms with E-state index in [1.807, 2.05) is 6.92 Å². The summed E-state index contributed by atoms with van der Waals surface area (Å²) in [6.45, 7) is 5.24. The molecule has 1 saturated carbocycles. The molecule has 0 aromatic heterocycles. The first-order valence-electron chi connectivity index (χ1n) is 6.57. The van der Waals surface area contributed by atoms with Crippen LogP contribution in [0.4, 0.5) is 0 Å². The van der Waals surface area contributed by atoms with Crippen molar-refractivity contribution in [2.24, 2.45) is 5.41 Å². The zero-order valence-electron chi connectivity index (χ0n) is 11.7. The lowest BCUT2D eigenvalue weighted by atomic mass is 10.0. The van der Waals surface area contributed by atoms with Crippen LogP contribution in [0.2, 0.25) is 0 Å². The Morgan fingerprint density at radius 3 is 2.63 bits per heavy atom. The highest BCUT2D eigenvalue weighted by Crippen LogP contribution is 2.45. The van der Waals surface area contributed by atoms with E-state index in [9.17, 15) is 4.79 Å². The molecule has 2 N–H and O–H groups in total. The van der Waals surface area contributed by atoms with Crippen molar-refractivity contribution < 1.29 is 14.6 Å². The van der Waals surface area contributed by atoms with E-state index < -0.39 is 11.4 Å². The van der Waals surface area contributed by atoms with Crippen molar-refractivity contribution in [1.82, 2.24) is 5.32 Å². The number of aryl methyl sites for hydroxylation is 2. The number of methoxy groups -OCH3 is 1. The highest BCUT2D eigenvalue weighted by atomic mass is 16.5. The van der Waals surface area contributed by atoms with Crippen molar-refractivity contribution >= 4 is 5.97 Å². The van der Waals surface area contributed by atoms with Crippen LogP contribution in [0.1, 0.15) is 29.5 Å². The summed E-state index contributed by atoms with van der Waals surface area (Å²) in [6.07, 6.45) is 1.55. The molecule has 104 valence electrons. The maximum atomic E-state index is 11.1. The van der Waals surface area contributed by atoms with Crippen LogP contribution in [0.15, 0.2) is 12.1 Å². The summed E-state index contributed by atoms with van der Waals surface area (Å²) in [5, 5.41) is 12.4. The number of hydrogen-bond acceptors (Lipinski definition) is 3. The van der Waals surface area contributed by atoms with Gasteiger partial charge in [-0.1, -0.05) is 17.7 Å². The van der Waals surface area contributed by atoms with Gasteiger partial charge in [0.25, 0.3) is 0 Å². The van der Waals surface area contributed by atoms with Crippen molar-refractivity contribution in [3.05, 3.63) is 28.8 Å². The van der Waals surface area contributed by atoms with Gasteiger partial charge in [0.1, 0.15) is 5.75 Å². The molecule has 0 aliphatic heterocycles. The van der Waals surface area contributed by atoms with Crippen LogP contribution in [0.3, 0.4) is 0 Å². The lowest BCUT2D eigenvalue weighted by Gasteiger charge is -2.15. The molecule has 1 aliphatic carbocycles. The van der Waals surface area contributed by atoms with Crippen LogP contribution >= 0.6 is 0 Å². The van der Waals surface area contributed by atoms with Crippen molar-refractivity contribution in [2.45, 2.75) is 33.2 Å². The van der Waals surface area contributed by atoms with E-state index in [0.29, 0.717) is 13.1 Å². The average Bonchev–Trinajstić information content (AvgIpc) is 3.09. The lowest BCUT2D eigenvalue weighted by molar-refractivity contribution is -0.143. The normalized spacial score (nSPS) is 16.2. The Balaban J connectivity index is 2.02. The Bertz CT molecular complexity index is 492. The smallest absolute Gasteiger partial charge is 0.310 e. The van der Waals surface area contributed by atoms with E-state index in [-0.39, 0.29) is 0 Å². The number of nitrogens with one attached hydrogen (secondary N) is 1. The molecule has 4 heteroatoms. The summed E-state index contributed by atoms with van der Waals surface area (Å²) in [5.41, 5.74) is 2.86. The topological polar surface area (TPSA) is 58.6 Å². The number of rotatable bonds is 6. The number of aliphatic carboxylic acids is 1. The van der Waals surface area contributed by atoms with Gasteiger partial charge in [-0.2, -0.15) is 0 Å². The predicted molar refractivity (Wildman–Crippen MR) is 73.5 cm³/mol. The first-order valence-corrected chi connectivity index (χ1v) is 6.57. The standard InChI is InChI=1S/C15H21NO3/c1-10-6-11(2)13(19-3)12(7-10)8-16-9-15(4-5-15)14(17)18/h6-7,16H,4-5,8-9H2,1-3H3,(H,17,18). The minimum Gasteiger partial charge on any atom is -0.496 e. The molecule has 2 rings (SSSR count). The monoisotopic (exact) mass is 263 g/mol. The third-order valence-corrected chi connectivity index (χ3v) is 3.79. The number of hydrogen-bond donors (Lipinski definition) is 2. The van der Waals surface area contributed by atoms with Crippen molar-refractivity contribution in [3.63, 3.8) is 0 Å². The first kappa shape index (κ1) is 13.9. The van der Waals surface area contributed by atoms with E-state index >= 15 is 0 Å². The SMILES string of the molecule is COc1c(C)cc(C)cc1CNCC1(C(=O)O)CC1. The first-order chi connectivity index (χ1) is 8.98. The second kappa shape index (κ2) is 5.21. The molecule has 0 amide bonds. The second-order valence-corrected chi connectivity index (χ2v) is 5.46. The molecule has 0 saturated heterocycles. The molecule has 0 heterocycles. The van der Waals surface area contributed by atoms with Gasteiger partial charge < -0.3 is 15.2 Å². The molecule has 19 heavy (non-hydrogen) atoms. The zero-order chi connectivity index (χ0) is 14.0. The van der Waals surface area contributed by atoms with Crippen molar-refractivity contribution in [3.8, 4) is 5.75 Å². The van der Waals surface area contributed by atoms with Gasteiger partial charge >= 0.3 is 5.97 Å². The Labute approximate surface area is 113 Å². The van der Waals surface area contributed by atoms with Gasteiger partial charge in [0.2, 0.25) is 0 Å². The van der Waals surface area contributed by atoms with Crippen molar-refractivity contribution in [1.29, 1.82) is 0 Å². The molecular formula is C15H21NO3. The second-order valence-electron chi connectivity index (χ2n) is 5.46. The summed E-state index contributed by atoms with van der Waals surface area (Å²) in [5.74, 6) is 0.200. The van der Waals surface area contributed by atoms with Crippen LogP contribution in [-0.2, 0) is 11.3 Å². The fourth-order valence-corrected chi connectivity index (χ4v) is 2.52. The number of ether oxygens (including phenoxy) is 1. The third-order valence-electron chi connectivity index (χ3n) is 3.79. The summed E-state index contributed by atoms with van der Waals surface area (Å²) in [6, 6.07) is 4.17. The number of carboxylic acids is 1. The van der Waals surface area contributed by atoms with Gasteiger partial charge in [0.15, 0.2) is 0 Å². The van der Waals surface area contributed by atoms with Gasteiger partial charge in [-0.15, -0.1) is 0 Å². The maximum Gasteiger partial charge on any atom is 0.310 e. The zero-order valence-corrected chi connectivity index (χ0v) is 11.7. The van der Waals surface area contributed by atoms with Gasteiger partial charge in [-0.25, -0.2) is 0 Å². The Hall–Kier alpha value is -1.55. The summed E-state index contributed by atoms with van der Waals surface area (Å²) in [7, 11) is 1.67. The summed E-state index contributed by atoms with van der Waals surface area (Å²) >= 11 is 0. The van der Waals surface area contributed by atoms with Crippen LogP contribution in [0.5, 0.6) is 5.75 Å². The van der Waals surface area contributed by atoms with E-state index in [4.69, 9.17) is 9.84 Å². The van der Waals surface area contributed by atoms with E-state index in [0.717, 1.165) is 29.7 Å². The van der Waals surface area contributed by atoms with Gasteiger partial charge in [0.05, 0.1) is 12.5 Å². The van der Waals surface area contributed by atoms with E-state index in [1.54, 1.807) is 7.11 Å². The van der Waals surface area contributed by atoms with Crippen molar-refractivity contribution in [2.75, 3.05) is 13.7 Å². The molecule has 1 aromatic rings. The largest absolute Gasteiger partial charge is 0.496 e. The van der Waals surface area contributed by atoms with Gasteiger partial charge in [-0.3, -0.25) is 4.79 Å². The van der Waals surface area contributed by atoms with Crippen LogP contribution in [0.25, 0.3) is 0 Å². The molecule has 0 atom stereocenters. The fraction of sp³-hybridized carbons (Fsp3) is 0.533. The van der Waals surface area contributed by atoms with Gasteiger partial charge in [-0.05, 0) is 32.3 Å². The fourth-order valence-electron chi connectivity index (χ4n) is 2.52. The highest BCUT2D eigenvalue weighted by molar-refractivity contribution is 5.78. The minimum atomic E-state index is -0.688. The highest BCUT2D eigenvalue weighted by Gasteiger charge is 2.49. The molecule has 0 bridgehead atoms. The Kier molecular flexibility index (Phi) is 3.80. The number of carbonyl (C=O) groups is 1. The van der Waals surface area contributed by atoms with Crippen LogP contribution < -0.4 is 10.1 Å². The molecule has 1 aliphatic rings. The maximum absolute atomic E-state index is 11.1. The summed E-state index contributed by atoms with van der Waals surface area (Å²) < 4.78 is 5.42. The molecule has 1 fully saturated rings. The third kappa shape index (κ3) is 2.89. The molecule has 4 nitrogen and oxygen atoms in total. The Morgan fingerprint density at radius 2 is 2.11 bits per heavy atom. The van der Waals surface area contributed by atoms with Gasteiger partial charge in [0, 0.05) is 18.7 Å². The van der Waals surface area contributed by atoms with E-state index in [1.165, 1.54) is 5.56 Å². The molecular weight excluding hydrogens is 242 g/mol. The summed E-state index contributed by atoms with van der Waals surface area (Å²) in [4.78, 5) is 11.1. The van der Waals surface area contributed by atoms with Crippen LogP contribution in [0, 0.1) is 19.3 Å². The predicted octanol–water partition coefficient (Wildman–Crippen LogP) is 2.27. The average molecular weight is 263 g/mol. The quantitative estimate of drug-likeness (QED) is 0.826. The van der Waals surface area contributed by atoms with Crippen LogP contribution in [-0.4, -0.2) is 24.7 Å².